The number of hydrogen-bond acceptors (Lipinski definition) is 3. The highest BCUT2D eigenvalue weighted by Crippen LogP contribution is 2.34. The number of hydrogen-bond donors (Lipinski definition) is 1. The second-order valence-electron chi connectivity index (χ2n) is 8.58. The molecule has 0 bridgehead atoms. The van der Waals surface area contributed by atoms with Crippen LogP contribution < -0.4 is 0 Å². The van der Waals surface area contributed by atoms with Gasteiger partial charge in [-0.1, -0.05) is 84.4 Å². The van der Waals surface area contributed by atoms with Crippen molar-refractivity contribution in [2.24, 2.45) is 0 Å². The van der Waals surface area contributed by atoms with E-state index in [1.807, 2.05) is 24.3 Å². The van der Waals surface area contributed by atoms with Gasteiger partial charge in [0.15, 0.2) is 0 Å². The van der Waals surface area contributed by atoms with Crippen LogP contribution in [0, 0.1) is 0 Å². The molecule has 0 amide bonds. The predicted molar refractivity (Wildman–Crippen MR) is 128 cm³/mol. The van der Waals surface area contributed by atoms with E-state index in [-0.39, 0.29) is 6.17 Å². The minimum absolute atomic E-state index is 0.273. The Morgan fingerprint density at radius 3 is 1.81 bits per heavy atom. The van der Waals surface area contributed by atoms with Gasteiger partial charge in [-0.25, -0.2) is 0 Å². The monoisotopic (exact) mass is 434 g/mol. The smallest absolute Gasteiger partial charge is 0.0921 e. The molecule has 1 N–H and O–H groups in total. The van der Waals surface area contributed by atoms with E-state index < -0.39 is 5.60 Å². The van der Waals surface area contributed by atoms with Gasteiger partial charge < -0.3 is 5.11 Å². The summed E-state index contributed by atoms with van der Waals surface area (Å²) >= 11 is 6.03. The lowest BCUT2D eigenvalue weighted by atomic mass is 9.84. The summed E-state index contributed by atoms with van der Waals surface area (Å²) in [5, 5.41) is 12.0. The normalized spacial score (nSPS) is 17.5. The molecule has 0 radical (unpaired) electrons. The molecule has 31 heavy (non-hydrogen) atoms. The van der Waals surface area contributed by atoms with Crippen LogP contribution in [0.5, 0.6) is 0 Å². The number of piperidine rings is 1. The van der Waals surface area contributed by atoms with E-state index in [0.717, 1.165) is 44.6 Å². The second-order valence-corrected chi connectivity index (χ2v) is 9.02. The SMILES string of the molecule is CC(N1CCC(O)(c2ccc(Cl)cc2)CC1)N(Cc1ccccc1)Cc1ccccc1. The molecule has 3 aromatic carbocycles. The Morgan fingerprint density at radius 1 is 0.839 bits per heavy atom. The van der Waals surface area contributed by atoms with Crippen molar-refractivity contribution >= 4 is 11.6 Å². The van der Waals surface area contributed by atoms with Crippen molar-refractivity contribution in [1.82, 2.24) is 9.80 Å². The Kier molecular flexibility index (Phi) is 7.09. The Hall–Kier alpha value is -2.17. The summed E-state index contributed by atoms with van der Waals surface area (Å²) in [7, 11) is 0. The van der Waals surface area contributed by atoms with Crippen LogP contribution in [0.25, 0.3) is 0 Å². The third kappa shape index (κ3) is 5.55. The molecular formula is C27H31ClN2O. The van der Waals surface area contributed by atoms with Gasteiger partial charge >= 0.3 is 0 Å². The molecule has 1 atom stereocenters. The number of likely N-dealkylation sites (tertiary alicyclic amines) is 1. The zero-order valence-electron chi connectivity index (χ0n) is 18.1. The summed E-state index contributed by atoms with van der Waals surface area (Å²) < 4.78 is 0. The molecule has 0 aliphatic carbocycles. The molecule has 4 heteroatoms. The number of rotatable bonds is 7. The van der Waals surface area contributed by atoms with Crippen molar-refractivity contribution in [2.45, 2.75) is 44.6 Å². The fraction of sp³-hybridized carbons (Fsp3) is 0.333. The summed E-state index contributed by atoms with van der Waals surface area (Å²) in [5.41, 5.74) is 2.83. The molecular weight excluding hydrogens is 404 g/mol. The van der Waals surface area contributed by atoms with Crippen molar-refractivity contribution in [1.29, 1.82) is 0 Å². The average molecular weight is 435 g/mol. The molecule has 3 aromatic rings. The maximum absolute atomic E-state index is 11.3. The fourth-order valence-corrected chi connectivity index (χ4v) is 4.63. The standard InChI is InChI=1S/C27H31ClN2O/c1-22(29-18-16-27(31,17-19-29)25-12-14-26(28)15-13-25)30(20-23-8-4-2-5-9-23)21-24-10-6-3-7-11-24/h2-15,22,31H,16-21H2,1H3. The van der Waals surface area contributed by atoms with E-state index in [1.165, 1.54) is 11.1 Å². The van der Waals surface area contributed by atoms with E-state index in [0.29, 0.717) is 5.02 Å². The molecule has 1 aliphatic rings. The lowest BCUT2D eigenvalue weighted by molar-refractivity contribution is -0.0598. The largest absolute Gasteiger partial charge is 0.385 e. The molecule has 1 heterocycles. The van der Waals surface area contributed by atoms with Gasteiger partial charge in [-0.05, 0) is 48.6 Å². The third-order valence-corrected chi connectivity index (χ3v) is 6.77. The molecule has 0 spiro atoms. The molecule has 4 rings (SSSR count). The molecule has 0 aromatic heterocycles. The molecule has 1 unspecified atom stereocenters. The van der Waals surface area contributed by atoms with Crippen LogP contribution >= 0.6 is 11.6 Å². The molecule has 0 saturated carbocycles. The zero-order chi connectivity index (χ0) is 21.7. The number of benzene rings is 3. The lowest BCUT2D eigenvalue weighted by Gasteiger charge is -2.44. The van der Waals surface area contributed by atoms with Crippen LogP contribution in [-0.4, -0.2) is 34.2 Å². The number of halogens is 1. The van der Waals surface area contributed by atoms with Gasteiger partial charge in [-0.3, -0.25) is 9.80 Å². The average Bonchev–Trinajstić information content (AvgIpc) is 2.80. The minimum atomic E-state index is -0.773. The third-order valence-electron chi connectivity index (χ3n) is 6.52. The fourth-order valence-electron chi connectivity index (χ4n) is 4.50. The number of aliphatic hydroxyl groups is 1. The first-order valence-corrected chi connectivity index (χ1v) is 11.5. The first kappa shape index (κ1) is 22.0. The van der Waals surface area contributed by atoms with E-state index in [2.05, 4.69) is 77.4 Å². The van der Waals surface area contributed by atoms with Gasteiger partial charge in [0.1, 0.15) is 0 Å². The van der Waals surface area contributed by atoms with Gasteiger partial charge in [-0.15, -0.1) is 0 Å². The summed E-state index contributed by atoms with van der Waals surface area (Å²) in [6.07, 6.45) is 1.72. The van der Waals surface area contributed by atoms with Crippen molar-refractivity contribution in [3.8, 4) is 0 Å². The Bertz CT molecular complexity index is 896. The van der Waals surface area contributed by atoms with Crippen molar-refractivity contribution in [3.63, 3.8) is 0 Å². The maximum atomic E-state index is 11.3. The van der Waals surface area contributed by atoms with Crippen LogP contribution in [0.3, 0.4) is 0 Å². The maximum Gasteiger partial charge on any atom is 0.0921 e. The van der Waals surface area contributed by atoms with Gasteiger partial charge in [0.25, 0.3) is 0 Å². The Labute approximate surface area is 190 Å². The lowest BCUT2D eigenvalue weighted by Crippen LogP contribution is -2.52. The summed E-state index contributed by atoms with van der Waals surface area (Å²) in [4.78, 5) is 5.02. The molecule has 3 nitrogen and oxygen atoms in total. The van der Waals surface area contributed by atoms with Crippen LogP contribution in [0.2, 0.25) is 5.02 Å². The molecule has 1 aliphatic heterocycles. The second kappa shape index (κ2) is 9.97. The first-order chi connectivity index (χ1) is 15.0. The zero-order valence-corrected chi connectivity index (χ0v) is 18.9. The van der Waals surface area contributed by atoms with Gasteiger partial charge in [-0.2, -0.15) is 0 Å². The van der Waals surface area contributed by atoms with E-state index >= 15 is 0 Å². The molecule has 1 saturated heterocycles. The van der Waals surface area contributed by atoms with Gasteiger partial charge in [0, 0.05) is 31.2 Å². The highest BCUT2D eigenvalue weighted by molar-refractivity contribution is 6.30. The van der Waals surface area contributed by atoms with Gasteiger partial charge in [0.05, 0.1) is 11.8 Å². The highest BCUT2D eigenvalue weighted by atomic mass is 35.5. The quantitative estimate of drug-likeness (QED) is 0.518. The van der Waals surface area contributed by atoms with Crippen LogP contribution in [0.15, 0.2) is 84.9 Å². The predicted octanol–water partition coefficient (Wildman–Crippen LogP) is 5.67. The van der Waals surface area contributed by atoms with E-state index in [9.17, 15) is 5.11 Å². The molecule has 162 valence electrons. The highest BCUT2D eigenvalue weighted by Gasteiger charge is 2.36. The van der Waals surface area contributed by atoms with Crippen molar-refractivity contribution in [2.75, 3.05) is 13.1 Å². The van der Waals surface area contributed by atoms with E-state index in [1.54, 1.807) is 0 Å². The van der Waals surface area contributed by atoms with Crippen LogP contribution in [0.1, 0.15) is 36.5 Å². The number of nitrogens with zero attached hydrogens (tertiary/aromatic N) is 2. The Morgan fingerprint density at radius 2 is 1.32 bits per heavy atom. The van der Waals surface area contributed by atoms with E-state index in [4.69, 9.17) is 11.6 Å². The van der Waals surface area contributed by atoms with Crippen LogP contribution in [-0.2, 0) is 18.7 Å². The first-order valence-electron chi connectivity index (χ1n) is 11.1. The van der Waals surface area contributed by atoms with Crippen LogP contribution in [0.4, 0.5) is 0 Å². The topological polar surface area (TPSA) is 26.7 Å². The molecule has 1 fully saturated rings. The van der Waals surface area contributed by atoms with Gasteiger partial charge in [0.2, 0.25) is 0 Å². The Balaban J connectivity index is 1.46. The minimum Gasteiger partial charge on any atom is -0.385 e. The van der Waals surface area contributed by atoms with Crippen molar-refractivity contribution in [3.05, 3.63) is 107 Å². The van der Waals surface area contributed by atoms with Crippen molar-refractivity contribution < 1.29 is 5.11 Å². The summed E-state index contributed by atoms with van der Waals surface area (Å²) in [6.45, 7) is 5.81. The summed E-state index contributed by atoms with van der Waals surface area (Å²) in [5.74, 6) is 0. The summed E-state index contributed by atoms with van der Waals surface area (Å²) in [6, 6.07) is 29.0.